The SMILES string of the molecule is CCCCCCC(C)Oc1cncc(NCCC)c1. The van der Waals surface area contributed by atoms with Crippen LogP contribution in [0, 0.1) is 0 Å². The predicted molar refractivity (Wildman–Crippen MR) is 81.9 cm³/mol. The van der Waals surface area contributed by atoms with Crippen LogP contribution in [0.4, 0.5) is 5.69 Å². The van der Waals surface area contributed by atoms with Gasteiger partial charge in [-0.25, -0.2) is 0 Å². The number of ether oxygens (including phenoxy) is 1. The van der Waals surface area contributed by atoms with Gasteiger partial charge in [-0.2, -0.15) is 0 Å². The number of hydrogen-bond donors (Lipinski definition) is 1. The van der Waals surface area contributed by atoms with E-state index < -0.39 is 0 Å². The van der Waals surface area contributed by atoms with Gasteiger partial charge in [0.15, 0.2) is 0 Å². The molecule has 1 aromatic heterocycles. The Balaban J connectivity index is 2.34. The number of hydrogen-bond acceptors (Lipinski definition) is 3. The highest BCUT2D eigenvalue weighted by molar-refractivity contribution is 5.45. The molecule has 0 aromatic carbocycles. The van der Waals surface area contributed by atoms with Gasteiger partial charge in [0.1, 0.15) is 5.75 Å². The van der Waals surface area contributed by atoms with Gasteiger partial charge in [-0.3, -0.25) is 4.98 Å². The summed E-state index contributed by atoms with van der Waals surface area (Å²) in [7, 11) is 0. The highest BCUT2D eigenvalue weighted by Gasteiger charge is 2.05. The second kappa shape index (κ2) is 9.65. The summed E-state index contributed by atoms with van der Waals surface area (Å²) in [5, 5.41) is 3.33. The maximum absolute atomic E-state index is 5.91. The van der Waals surface area contributed by atoms with Gasteiger partial charge in [0, 0.05) is 12.6 Å². The predicted octanol–water partition coefficient (Wildman–Crippen LogP) is 4.64. The molecule has 0 amide bonds. The van der Waals surface area contributed by atoms with Gasteiger partial charge < -0.3 is 10.1 Å². The summed E-state index contributed by atoms with van der Waals surface area (Å²) >= 11 is 0. The number of anilines is 1. The third-order valence-corrected chi connectivity index (χ3v) is 3.09. The fourth-order valence-electron chi connectivity index (χ4n) is 2.00. The number of rotatable bonds is 10. The molecular formula is C16H28N2O. The smallest absolute Gasteiger partial charge is 0.140 e. The molecule has 3 nitrogen and oxygen atoms in total. The van der Waals surface area contributed by atoms with Crippen molar-refractivity contribution >= 4 is 5.69 Å². The second-order valence-corrected chi connectivity index (χ2v) is 5.11. The molecule has 0 fully saturated rings. The van der Waals surface area contributed by atoms with Crippen LogP contribution >= 0.6 is 0 Å². The van der Waals surface area contributed by atoms with Gasteiger partial charge in [-0.1, -0.05) is 33.1 Å². The Hall–Kier alpha value is -1.25. The summed E-state index contributed by atoms with van der Waals surface area (Å²) in [6, 6.07) is 2.03. The standard InChI is InChI=1S/C16H28N2O/c1-4-6-7-8-9-14(3)19-16-11-15(12-17-13-16)18-10-5-2/h11-14,18H,4-10H2,1-3H3. The molecule has 19 heavy (non-hydrogen) atoms. The quantitative estimate of drug-likeness (QED) is 0.625. The molecule has 1 unspecified atom stereocenters. The van der Waals surface area contributed by atoms with E-state index in [1.54, 1.807) is 6.20 Å². The van der Waals surface area contributed by atoms with E-state index in [2.05, 4.69) is 31.1 Å². The number of aromatic nitrogens is 1. The Morgan fingerprint density at radius 3 is 2.74 bits per heavy atom. The van der Waals surface area contributed by atoms with Crippen LogP contribution in [0.25, 0.3) is 0 Å². The zero-order valence-electron chi connectivity index (χ0n) is 12.6. The second-order valence-electron chi connectivity index (χ2n) is 5.11. The fourth-order valence-corrected chi connectivity index (χ4v) is 2.00. The zero-order chi connectivity index (χ0) is 13.9. The molecule has 0 aliphatic rings. The Labute approximate surface area is 117 Å². The molecule has 0 radical (unpaired) electrons. The molecule has 1 N–H and O–H groups in total. The van der Waals surface area contributed by atoms with Gasteiger partial charge in [-0.15, -0.1) is 0 Å². The Morgan fingerprint density at radius 1 is 1.16 bits per heavy atom. The average Bonchev–Trinajstić information content (AvgIpc) is 2.42. The van der Waals surface area contributed by atoms with Crippen LogP contribution in [-0.4, -0.2) is 17.6 Å². The van der Waals surface area contributed by atoms with Crippen molar-refractivity contribution in [2.45, 2.75) is 65.4 Å². The van der Waals surface area contributed by atoms with Crippen LogP contribution in [0.1, 0.15) is 59.3 Å². The molecule has 0 spiro atoms. The molecule has 1 heterocycles. The molecule has 0 aliphatic carbocycles. The number of unbranched alkanes of at least 4 members (excludes halogenated alkanes) is 3. The van der Waals surface area contributed by atoms with Crippen molar-refractivity contribution in [3.05, 3.63) is 18.5 Å². The summed E-state index contributed by atoms with van der Waals surface area (Å²) < 4.78 is 5.91. The molecule has 0 aliphatic heterocycles. The molecule has 108 valence electrons. The maximum atomic E-state index is 5.91. The summed E-state index contributed by atoms with van der Waals surface area (Å²) in [6.07, 6.45) is 11.3. The van der Waals surface area contributed by atoms with Gasteiger partial charge in [0.05, 0.1) is 24.2 Å². The van der Waals surface area contributed by atoms with Crippen molar-refractivity contribution in [3.63, 3.8) is 0 Å². The van der Waals surface area contributed by atoms with E-state index in [0.717, 1.165) is 30.8 Å². The molecule has 3 heteroatoms. The van der Waals surface area contributed by atoms with Gasteiger partial charge in [0.25, 0.3) is 0 Å². The van der Waals surface area contributed by atoms with Gasteiger partial charge in [0.2, 0.25) is 0 Å². The third kappa shape index (κ3) is 7.04. The normalized spacial score (nSPS) is 12.2. The summed E-state index contributed by atoms with van der Waals surface area (Å²) in [4.78, 5) is 4.21. The van der Waals surface area contributed by atoms with Crippen LogP contribution < -0.4 is 10.1 Å². The van der Waals surface area contributed by atoms with Gasteiger partial charge >= 0.3 is 0 Å². The van der Waals surface area contributed by atoms with Crippen LogP contribution in [0.15, 0.2) is 18.5 Å². The maximum Gasteiger partial charge on any atom is 0.140 e. The lowest BCUT2D eigenvalue weighted by molar-refractivity contribution is 0.206. The topological polar surface area (TPSA) is 34.1 Å². The van der Waals surface area contributed by atoms with E-state index in [4.69, 9.17) is 4.74 Å². The minimum atomic E-state index is 0.264. The van der Waals surface area contributed by atoms with E-state index in [9.17, 15) is 0 Å². The van der Waals surface area contributed by atoms with E-state index in [1.807, 2.05) is 12.3 Å². The number of nitrogens with zero attached hydrogens (tertiary/aromatic N) is 1. The Morgan fingerprint density at radius 2 is 2.00 bits per heavy atom. The first-order valence-electron chi connectivity index (χ1n) is 7.61. The van der Waals surface area contributed by atoms with Crippen molar-refractivity contribution in [1.29, 1.82) is 0 Å². The molecule has 0 saturated carbocycles. The number of pyridine rings is 1. The van der Waals surface area contributed by atoms with Crippen LogP contribution in [0.3, 0.4) is 0 Å². The van der Waals surface area contributed by atoms with E-state index in [1.165, 1.54) is 25.7 Å². The van der Waals surface area contributed by atoms with Crippen molar-refractivity contribution < 1.29 is 4.74 Å². The molecule has 1 aromatic rings. The van der Waals surface area contributed by atoms with E-state index >= 15 is 0 Å². The van der Waals surface area contributed by atoms with E-state index in [-0.39, 0.29) is 6.10 Å². The first kappa shape index (κ1) is 15.8. The lowest BCUT2D eigenvalue weighted by Crippen LogP contribution is -2.12. The van der Waals surface area contributed by atoms with Crippen LogP contribution in [0.5, 0.6) is 5.75 Å². The lowest BCUT2D eigenvalue weighted by atomic mass is 10.1. The molecule has 0 bridgehead atoms. The molecule has 1 atom stereocenters. The summed E-state index contributed by atoms with van der Waals surface area (Å²) in [5.41, 5.74) is 1.04. The van der Waals surface area contributed by atoms with Crippen LogP contribution in [-0.2, 0) is 0 Å². The Kier molecular flexibility index (Phi) is 8.03. The van der Waals surface area contributed by atoms with Gasteiger partial charge in [-0.05, 0) is 26.2 Å². The summed E-state index contributed by atoms with van der Waals surface area (Å²) in [5.74, 6) is 0.865. The van der Waals surface area contributed by atoms with Crippen molar-refractivity contribution in [1.82, 2.24) is 4.98 Å². The molecule has 0 saturated heterocycles. The minimum absolute atomic E-state index is 0.264. The monoisotopic (exact) mass is 264 g/mol. The average molecular weight is 264 g/mol. The largest absolute Gasteiger partial charge is 0.489 e. The molecular weight excluding hydrogens is 236 g/mol. The Bertz CT molecular complexity index is 341. The fraction of sp³-hybridized carbons (Fsp3) is 0.688. The van der Waals surface area contributed by atoms with Crippen molar-refractivity contribution in [2.75, 3.05) is 11.9 Å². The minimum Gasteiger partial charge on any atom is -0.489 e. The van der Waals surface area contributed by atoms with E-state index in [0.29, 0.717) is 0 Å². The first-order chi connectivity index (χ1) is 9.26. The van der Waals surface area contributed by atoms with Crippen molar-refractivity contribution in [2.24, 2.45) is 0 Å². The summed E-state index contributed by atoms with van der Waals surface area (Å²) in [6.45, 7) is 7.50. The lowest BCUT2D eigenvalue weighted by Gasteiger charge is -2.15. The highest BCUT2D eigenvalue weighted by atomic mass is 16.5. The van der Waals surface area contributed by atoms with Crippen LogP contribution in [0.2, 0.25) is 0 Å². The van der Waals surface area contributed by atoms with Crippen molar-refractivity contribution in [3.8, 4) is 5.75 Å². The third-order valence-electron chi connectivity index (χ3n) is 3.09. The highest BCUT2D eigenvalue weighted by Crippen LogP contribution is 2.18. The zero-order valence-corrected chi connectivity index (χ0v) is 12.6. The first-order valence-corrected chi connectivity index (χ1v) is 7.61. The molecule has 1 rings (SSSR count). The number of nitrogens with one attached hydrogen (secondary N) is 1.